The van der Waals surface area contributed by atoms with E-state index in [0.29, 0.717) is 0 Å². The van der Waals surface area contributed by atoms with Crippen LogP contribution in [0.1, 0.15) is 90.9 Å². The van der Waals surface area contributed by atoms with E-state index in [0.717, 1.165) is 0 Å². The molecule has 0 nitrogen and oxygen atoms in total. The summed E-state index contributed by atoms with van der Waals surface area (Å²) in [5.41, 5.74) is 0. The molecule has 0 atom stereocenters. The Labute approximate surface area is 124 Å². The zero-order valence-corrected chi connectivity index (χ0v) is 15.5. The second kappa shape index (κ2) is 16.0. The summed E-state index contributed by atoms with van der Waals surface area (Å²) in [4.78, 5) is 0. The van der Waals surface area contributed by atoms with E-state index in [4.69, 9.17) is 0 Å². The topological polar surface area (TPSA) is 0 Å². The Morgan fingerprint density at radius 3 is 1.28 bits per heavy atom. The molecule has 0 N–H and O–H groups in total. The third-order valence-electron chi connectivity index (χ3n) is 3.62. The van der Waals surface area contributed by atoms with E-state index < -0.39 is 0 Å². The van der Waals surface area contributed by atoms with Crippen LogP contribution < -0.4 is 0 Å². The molecule has 0 bridgehead atoms. The average molecular weight is 337 g/mol. The summed E-state index contributed by atoms with van der Waals surface area (Å²) in [7, 11) is 0. The van der Waals surface area contributed by atoms with E-state index in [1.54, 1.807) is 0 Å². The number of hydrogen-bond donors (Lipinski definition) is 0. The quantitative estimate of drug-likeness (QED) is 0.207. The molecule has 0 aliphatic rings. The second-order valence-corrected chi connectivity index (χ2v) is 11.3. The maximum atomic E-state index is 3.48. The Bertz CT molecular complexity index is 162. The molecule has 110 valence electrons. The predicted molar refractivity (Wildman–Crippen MR) is 90.6 cm³/mol. The van der Waals surface area contributed by atoms with Crippen LogP contribution in [0.25, 0.3) is 0 Å². The molecule has 0 aliphatic heterocycles. The van der Waals surface area contributed by atoms with Crippen molar-refractivity contribution >= 4 is 21.3 Å². The van der Waals surface area contributed by atoms with Crippen LogP contribution in [0.4, 0.5) is 0 Å². The first-order chi connectivity index (χ1) is 8.81. The van der Waals surface area contributed by atoms with Crippen LogP contribution in [0.2, 0.25) is 0 Å². The number of unbranched alkanes of at least 4 members (excludes halogenated alkanes) is 10. The zero-order chi connectivity index (χ0) is 13.5. The van der Waals surface area contributed by atoms with Crippen LogP contribution >= 0.6 is 6.17 Å². The van der Waals surface area contributed by atoms with Gasteiger partial charge in [0.2, 0.25) is 0 Å². The molecular weight excluding hydrogens is 302 g/mol. The average Bonchev–Trinajstić information content (AvgIpc) is 2.38. The molecule has 2 heteroatoms. The monoisotopic (exact) mass is 338 g/mol. The Morgan fingerprint density at radius 2 is 0.889 bits per heavy atom. The molecule has 0 radical (unpaired) electrons. The zero-order valence-electron chi connectivity index (χ0n) is 12.8. The van der Waals surface area contributed by atoms with Crippen molar-refractivity contribution in [2.45, 2.75) is 90.9 Å². The SMILES string of the molecule is CCCCCCCC[PH](=[Se])CCCCCCCC. The van der Waals surface area contributed by atoms with Gasteiger partial charge < -0.3 is 0 Å². The van der Waals surface area contributed by atoms with Crippen molar-refractivity contribution in [2.24, 2.45) is 0 Å². The van der Waals surface area contributed by atoms with E-state index in [1.165, 1.54) is 89.4 Å². The molecule has 0 unspecified atom stereocenters. The number of rotatable bonds is 14. The fraction of sp³-hybridized carbons (Fsp3) is 1.00. The summed E-state index contributed by atoms with van der Waals surface area (Å²) in [6.45, 7) is 4.59. The molecule has 0 saturated carbocycles. The van der Waals surface area contributed by atoms with Crippen molar-refractivity contribution in [2.75, 3.05) is 12.3 Å². The Kier molecular flexibility index (Phi) is 16.8. The first-order valence-corrected chi connectivity index (χ1v) is 12.7. The molecule has 0 saturated heterocycles. The van der Waals surface area contributed by atoms with Gasteiger partial charge in [-0.2, -0.15) is 0 Å². The van der Waals surface area contributed by atoms with Gasteiger partial charge in [0.25, 0.3) is 0 Å². The van der Waals surface area contributed by atoms with Crippen LogP contribution in [0.15, 0.2) is 0 Å². The van der Waals surface area contributed by atoms with Gasteiger partial charge in [-0.25, -0.2) is 0 Å². The van der Waals surface area contributed by atoms with Crippen molar-refractivity contribution in [1.82, 2.24) is 0 Å². The Morgan fingerprint density at radius 1 is 0.556 bits per heavy atom. The van der Waals surface area contributed by atoms with Crippen LogP contribution in [-0.2, 0) is 0 Å². The molecule has 0 aliphatic carbocycles. The molecular formula is C16H35PSe. The van der Waals surface area contributed by atoms with Gasteiger partial charge in [0, 0.05) is 0 Å². The second-order valence-electron chi connectivity index (χ2n) is 5.57. The number of hydrogen-bond acceptors (Lipinski definition) is 0. The van der Waals surface area contributed by atoms with E-state index in [-0.39, 0.29) is 6.17 Å². The van der Waals surface area contributed by atoms with Crippen LogP contribution in [0, 0.1) is 0 Å². The van der Waals surface area contributed by atoms with E-state index in [9.17, 15) is 0 Å². The van der Waals surface area contributed by atoms with Gasteiger partial charge in [0.1, 0.15) is 0 Å². The maximum absolute atomic E-state index is 3.48. The summed E-state index contributed by atoms with van der Waals surface area (Å²) < 4.78 is 0. The fourth-order valence-corrected chi connectivity index (χ4v) is 5.69. The fourth-order valence-electron chi connectivity index (χ4n) is 2.33. The molecule has 0 heterocycles. The first kappa shape index (κ1) is 18.9. The minimum atomic E-state index is -0.0997. The summed E-state index contributed by atoms with van der Waals surface area (Å²) >= 11 is 3.48. The molecule has 0 spiro atoms. The van der Waals surface area contributed by atoms with E-state index in [1.807, 2.05) is 0 Å². The van der Waals surface area contributed by atoms with Gasteiger partial charge in [-0.1, -0.05) is 0 Å². The van der Waals surface area contributed by atoms with E-state index in [2.05, 4.69) is 28.9 Å². The third-order valence-corrected chi connectivity index (χ3v) is 8.01. The van der Waals surface area contributed by atoms with Crippen LogP contribution in [-0.4, -0.2) is 27.4 Å². The molecule has 0 amide bonds. The van der Waals surface area contributed by atoms with Crippen LogP contribution in [0.3, 0.4) is 0 Å². The van der Waals surface area contributed by atoms with Crippen molar-refractivity contribution in [3.8, 4) is 0 Å². The van der Waals surface area contributed by atoms with Gasteiger partial charge in [-0.3, -0.25) is 0 Å². The van der Waals surface area contributed by atoms with Gasteiger partial charge >= 0.3 is 124 Å². The summed E-state index contributed by atoms with van der Waals surface area (Å²) in [5, 5.41) is 0. The van der Waals surface area contributed by atoms with Crippen LogP contribution in [0.5, 0.6) is 0 Å². The molecule has 0 fully saturated rings. The van der Waals surface area contributed by atoms with Gasteiger partial charge in [0.05, 0.1) is 0 Å². The normalized spacial score (nSPS) is 11.3. The molecule has 0 aromatic heterocycles. The predicted octanol–water partition coefficient (Wildman–Crippen LogP) is 6.01. The first-order valence-electron chi connectivity index (χ1n) is 8.33. The summed E-state index contributed by atoms with van der Waals surface area (Å²) in [6.07, 6.45) is 20.4. The molecule has 0 aromatic rings. The van der Waals surface area contributed by atoms with Crippen molar-refractivity contribution < 1.29 is 0 Å². The molecule has 0 rings (SSSR count). The van der Waals surface area contributed by atoms with Crippen molar-refractivity contribution in [3.05, 3.63) is 0 Å². The summed E-state index contributed by atoms with van der Waals surface area (Å²) in [5.74, 6) is 0. The van der Waals surface area contributed by atoms with Crippen molar-refractivity contribution in [1.29, 1.82) is 0 Å². The van der Waals surface area contributed by atoms with E-state index >= 15 is 0 Å². The standard InChI is InChI=1S/C16H35PSe/c1-3-5-7-9-11-13-15-17(18)16-14-12-10-8-6-4-2/h17H,3-16H2,1-2H3. The molecule has 18 heavy (non-hydrogen) atoms. The Balaban J connectivity index is 3.12. The van der Waals surface area contributed by atoms with Crippen molar-refractivity contribution in [3.63, 3.8) is 0 Å². The van der Waals surface area contributed by atoms with Gasteiger partial charge in [-0.05, 0) is 0 Å². The third kappa shape index (κ3) is 15.0. The minimum absolute atomic E-state index is 0.0997. The molecule has 0 aromatic carbocycles. The Hall–Kier alpha value is 0.949. The summed E-state index contributed by atoms with van der Waals surface area (Å²) in [6, 6.07) is 0. The van der Waals surface area contributed by atoms with Gasteiger partial charge in [0.15, 0.2) is 0 Å². The van der Waals surface area contributed by atoms with Gasteiger partial charge in [-0.15, -0.1) is 0 Å².